The average Bonchev–Trinajstić information content (AvgIpc) is 3.10. The van der Waals surface area contributed by atoms with Crippen molar-refractivity contribution >= 4 is 27.0 Å². The Hall–Kier alpha value is -2.68. The number of aromatic nitrogens is 4. The van der Waals surface area contributed by atoms with Crippen molar-refractivity contribution in [2.24, 2.45) is 7.05 Å². The predicted molar refractivity (Wildman–Crippen MR) is 83.0 cm³/mol. The van der Waals surface area contributed by atoms with Crippen LogP contribution in [0.5, 0.6) is 0 Å². The molecule has 8 nitrogen and oxygen atoms in total. The first-order valence-corrected chi connectivity index (χ1v) is 8.40. The number of aryl methyl sites for hydroxylation is 2. The maximum Gasteiger partial charge on any atom is 0.267 e. The average molecular weight is 333 g/mol. The Morgan fingerprint density at radius 2 is 2.13 bits per heavy atom. The van der Waals surface area contributed by atoms with Gasteiger partial charge in [0.1, 0.15) is 10.7 Å². The molecule has 0 spiro atoms. The fraction of sp³-hybridized carbons (Fsp3) is 0.214. The Kier molecular flexibility index (Phi) is 3.87. The summed E-state index contributed by atoms with van der Waals surface area (Å²) in [5, 5.41) is 3.78. The quantitative estimate of drug-likeness (QED) is 0.715. The number of H-pyrrole nitrogens is 1. The maximum atomic E-state index is 12.0. The lowest BCUT2D eigenvalue weighted by molar-refractivity contribution is -0.119. The van der Waals surface area contributed by atoms with Gasteiger partial charge in [-0.15, -0.1) is 0 Å². The molecule has 3 rings (SSSR count). The number of hydrogen-bond donors (Lipinski definition) is 2. The lowest BCUT2D eigenvalue weighted by Crippen LogP contribution is -2.30. The molecule has 0 saturated heterocycles. The number of amides is 1. The van der Waals surface area contributed by atoms with Gasteiger partial charge in [-0.05, 0) is 12.1 Å². The second-order valence-corrected chi connectivity index (χ2v) is 6.76. The maximum absolute atomic E-state index is 12.0. The molecule has 9 heteroatoms. The highest BCUT2D eigenvalue weighted by Crippen LogP contribution is 2.12. The van der Waals surface area contributed by atoms with Crippen molar-refractivity contribution < 1.29 is 13.2 Å². The molecule has 2 N–H and O–H groups in total. The number of nitrogens with zero attached hydrogens (tertiary/aromatic N) is 3. The van der Waals surface area contributed by atoms with Gasteiger partial charge in [-0.3, -0.25) is 9.48 Å². The smallest absolute Gasteiger partial charge is 0.267 e. The number of fused-ring (bicyclic) bond motifs is 1. The van der Waals surface area contributed by atoms with E-state index in [-0.39, 0.29) is 11.3 Å². The van der Waals surface area contributed by atoms with E-state index in [9.17, 15) is 13.2 Å². The Bertz CT molecular complexity index is 925. The van der Waals surface area contributed by atoms with Gasteiger partial charge < -0.3 is 4.98 Å². The van der Waals surface area contributed by atoms with Crippen LogP contribution in [0.15, 0.2) is 41.6 Å². The number of nitrogens with one attached hydrogen (secondary N) is 2. The zero-order valence-electron chi connectivity index (χ0n) is 12.4. The highest BCUT2D eigenvalue weighted by atomic mass is 32.2. The molecule has 1 aromatic carbocycles. The second-order valence-electron chi connectivity index (χ2n) is 5.08. The molecule has 0 aliphatic carbocycles. The van der Waals surface area contributed by atoms with Crippen LogP contribution >= 0.6 is 0 Å². The molecule has 0 saturated carbocycles. The third-order valence-electron chi connectivity index (χ3n) is 3.27. The number of hydrogen-bond acceptors (Lipinski definition) is 5. The first-order valence-electron chi connectivity index (χ1n) is 6.92. The van der Waals surface area contributed by atoms with Gasteiger partial charge in [0, 0.05) is 26.1 Å². The molecule has 1 amide bonds. The van der Waals surface area contributed by atoms with E-state index >= 15 is 0 Å². The Morgan fingerprint density at radius 1 is 1.35 bits per heavy atom. The Morgan fingerprint density at radius 3 is 2.83 bits per heavy atom. The van der Waals surface area contributed by atoms with Crippen LogP contribution < -0.4 is 4.72 Å². The third-order valence-corrected chi connectivity index (χ3v) is 4.59. The predicted octanol–water partition coefficient (Wildman–Crippen LogP) is 0.734. The fourth-order valence-electron chi connectivity index (χ4n) is 2.15. The lowest BCUT2D eigenvalue weighted by Gasteiger charge is -2.03. The van der Waals surface area contributed by atoms with Crippen LogP contribution in [-0.2, 0) is 28.3 Å². The lowest BCUT2D eigenvalue weighted by atomic mass is 10.3. The summed E-state index contributed by atoms with van der Waals surface area (Å²) in [5.41, 5.74) is 1.69. The zero-order chi connectivity index (χ0) is 16.4. The molecule has 0 fully saturated rings. The van der Waals surface area contributed by atoms with E-state index in [0.29, 0.717) is 12.2 Å². The molecule has 0 atom stereocenters. The topological polar surface area (TPSA) is 110 Å². The molecule has 120 valence electrons. The summed E-state index contributed by atoms with van der Waals surface area (Å²) in [6, 6.07) is 7.51. The van der Waals surface area contributed by atoms with Crippen molar-refractivity contribution in [3.8, 4) is 0 Å². The molecule has 0 unspecified atom stereocenters. The van der Waals surface area contributed by atoms with Crippen molar-refractivity contribution in [2.45, 2.75) is 17.7 Å². The van der Waals surface area contributed by atoms with Crippen LogP contribution in [0.2, 0.25) is 0 Å². The minimum atomic E-state index is -3.88. The minimum Gasteiger partial charge on any atom is -0.342 e. The van der Waals surface area contributed by atoms with Gasteiger partial charge in [-0.1, -0.05) is 12.1 Å². The van der Waals surface area contributed by atoms with Crippen molar-refractivity contribution in [3.63, 3.8) is 0 Å². The van der Waals surface area contributed by atoms with Gasteiger partial charge in [0.25, 0.3) is 10.0 Å². The number of carbonyl (C=O) groups excluding carboxylic acids is 1. The van der Waals surface area contributed by atoms with Crippen LogP contribution in [-0.4, -0.2) is 34.1 Å². The summed E-state index contributed by atoms with van der Waals surface area (Å²) in [5.74, 6) is 0.0504. The monoisotopic (exact) mass is 333 g/mol. The summed E-state index contributed by atoms with van der Waals surface area (Å²) in [6.07, 6.45) is 2.85. The van der Waals surface area contributed by atoms with E-state index in [1.807, 2.05) is 29.0 Å². The van der Waals surface area contributed by atoms with Crippen LogP contribution in [0.4, 0.5) is 0 Å². The van der Waals surface area contributed by atoms with Crippen molar-refractivity contribution in [3.05, 3.63) is 42.5 Å². The zero-order valence-corrected chi connectivity index (χ0v) is 13.2. The standard InChI is InChI=1S/C14H15N5O3S/c1-19-9-10(8-15-19)23(21,22)18-14(20)7-6-13-16-11-4-2-3-5-12(11)17-13/h2-5,8-9H,6-7H2,1H3,(H,16,17)(H,18,20). The van der Waals surface area contributed by atoms with Gasteiger partial charge >= 0.3 is 0 Å². The Balaban J connectivity index is 1.63. The molecule has 0 bridgehead atoms. The van der Waals surface area contributed by atoms with E-state index < -0.39 is 15.9 Å². The summed E-state index contributed by atoms with van der Waals surface area (Å²) in [6.45, 7) is 0. The summed E-state index contributed by atoms with van der Waals surface area (Å²) in [7, 11) is -2.28. The molecule has 3 aromatic rings. The first kappa shape index (κ1) is 15.2. The van der Waals surface area contributed by atoms with Crippen LogP contribution in [0.3, 0.4) is 0 Å². The molecular weight excluding hydrogens is 318 g/mol. The highest BCUT2D eigenvalue weighted by Gasteiger charge is 2.19. The van der Waals surface area contributed by atoms with Crippen LogP contribution in [0, 0.1) is 0 Å². The van der Waals surface area contributed by atoms with Gasteiger partial charge in [-0.2, -0.15) is 5.10 Å². The summed E-state index contributed by atoms with van der Waals surface area (Å²) < 4.78 is 27.4. The van der Waals surface area contributed by atoms with Crippen molar-refractivity contribution in [2.75, 3.05) is 0 Å². The van der Waals surface area contributed by atoms with Gasteiger partial charge in [0.05, 0.1) is 17.2 Å². The van der Waals surface area contributed by atoms with Gasteiger partial charge in [-0.25, -0.2) is 18.1 Å². The van der Waals surface area contributed by atoms with E-state index in [4.69, 9.17) is 0 Å². The molecule has 0 aliphatic rings. The minimum absolute atomic E-state index is 0.0132. The van der Waals surface area contributed by atoms with E-state index in [1.54, 1.807) is 7.05 Å². The van der Waals surface area contributed by atoms with Gasteiger partial charge in [0.2, 0.25) is 5.91 Å². The number of aromatic amines is 1. The molecule has 2 aromatic heterocycles. The number of rotatable bonds is 5. The fourth-order valence-corrected chi connectivity index (χ4v) is 3.15. The molecule has 0 aliphatic heterocycles. The number of sulfonamides is 1. The summed E-state index contributed by atoms with van der Waals surface area (Å²) >= 11 is 0. The van der Waals surface area contributed by atoms with Crippen LogP contribution in [0.25, 0.3) is 11.0 Å². The van der Waals surface area contributed by atoms with Gasteiger partial charge in [0.15, 0.2) is 0 Å². The third kappa shape index (κ3) is 3.39. The van der Waals surface area contributed by atoms with E-state index in [2.05, 4.69) is 15.1 Å². The SMILES string of the molecule is Cn1cc(S(=O)(=O)NC(=O)CCc2nc3ccccc3[nH]2)cn1. The van der Waals surface area contributed by atoms with Crippen molar-refractivity contribution in [1.82, 2.24) is 24.5 Å². The summed E-state index contributed by atoms with van der Waals surface area (Å²) in [4.78, 5) is 19.3. The van der Waals surface area contributed by atoms with Crippen molar-refractivity contribution in [1.29, 1.82) is 0 Å². The largest absolute Gasteiger partial charge is 0.342 e. The number of carbonyl (C=O) groups is 1. The van der Waals surface area contributed by atoms with E-state index in [0.717, 1.165) is 11.0 Å². The number of para-hydroxylation sites is 2. The normalized spacial score (nSPS) is 11.7. The first-order chi connectivity index (χ1) is 10.9. The highest BCUT2D eigenvalue weighted by molar-refractivity contribution is 7.90. The molecule has 23 heavy (non-hydrogen) atoms. The molecule has 2 heterocycles. The second kappa shape index (κ2) is 5.84. The molecule has 0 radical (unpaired) electrons. The number of imidazole rings is 1. The number of benzene rings is 1. The van der Waals surface area contributed by atoms with E-state index in [1.165, 1.54) is 17.1 Å². The Labute approximate surface area is 132 Å². The van der Waals surface area contributed by atoms with Crippen LogP contribution in [0.1, 0.15) is 12.2 Å². The molecular formula is C14H15N5O3S.